The number of unbranched alkanes of at least 4 members (excludes halogenated alkanes) is 26. The minimum Gasteiger partial charge on any atom is -0.466 e. The zero-order valence-electron chi connectivity index (χ0n) is 35.8. The fraction of sp³-hybridized carbons (Fsp3) is 0.824. The number of esters is 1. The molecule has 4 heteroatoms. The van der Waals surface area contributed by atoms with Gasteiger partial charge in [-0.05, 0) is 84.5 Å². The van der Waals surface area contributed by atoms with Crippen molar-refractivity contribution in [2.45, 2.75) is 269 Å². The van der Waals surface area contributed by atoms with E-state index in [0.717, 1.165) is 38.5 Å². The maximum Gasteiger partial charge on any atom is 0.302 e. The Morgan fingerprint density at radius 3 is 0.964 bits per heavy atom. The van der Waals surface area contributed by atoms with Crippen LogP contribution in [0.1, 0.15) is 269 Å². The molecular formula is C51H102O4. The molecule has 330 valence electrons. The molecule has 0 N–H and O–H groups in total. The van der Waals surface area contributed by atoms with Gasteiger partial charge in [0.05, 0.1) is 6.61 Å². The highest BCUT2D eigenvalue weighted by molar-refractivity contribution is 5.75. The summed E-state index contributed by atoms with van der Waals surface area (Å²) in [4.78, 5) is 31.9. The lowest BCUT2D eigenvalue weighted by atomic mass is 10.1. The zero-order chi connectivity index (χ0) is 39.0. The largest absolute Gasteiger partial charge is 0.466 e. The van der Waals surface area contributed by atoms with Gasteiger partial charge in [0, 0.05) is 19.8 Å². The first-order valence-electron chi connectivity index (χ1n) is 22.3. The maximum atomic E-state index is 10.7. The Morgan fingerprint density at radius 1 is 0.400 bits per heavy atom. The molecule has 0 aliphatic rings. The highest BCUT2D eigenvalue weighted by Gasteiger charge is 1.97. The van der Waals surface area contributed by atoms with Crippen LogP contribution in [0, 0.1) is 0 Å². The van der Waals surface area contributed by atoms with E-state index in [2.05, 4.69) is 44.7 Å². The minimum absolute atomic E-state index is 0. The average molecular weight is 779 g/mol. The molecule has 0 radical (unpaired) electrons. The molecule has 0 aromatic rings. The number of ether oxygens (including phenoxy) is 1. The smallest absolute Gasteiger partial charge is 0.302 e. The van der Waals surface area contributed by atoms with E-state index < -0.39 is 0 Å². The third-order valence-electron chi connectivity index (χ3n) is 9.19. The molecule has 0 amide bonds. The summed E-state index contributed by atoms with van der Waals surface area (Å²) in [5.74, 6) is 0.509. The predicted octanol–water partition coefficient (Wildman–Crippen LogP) is 17.8. The summed E-state index contributed by atoms with van der Waals surface area (Å²) in [5, 5.41) is 0. The third kappa shape index (κ3) is 77.4. The summed E-state index contributed by atoms with van der Waals surface area (Å²) in [6.45, 7) is 13.6. The van der Waals surface area contributed by atoms with E-state index >= 15 is 0 Å². The Labute approximate surface area is 348 Å². The Morgan fingerprint density at radius 2 is 0.673 bits per heavy atom. The van der Waals surface area contributed by atoms with Gasteiger partial charge in [-0.2, -0.15) is 0 Å². The van der Waals surface area contributed by atoms with E-state index in [1.54, 1.807) is 13.8 Å². The van der Waals surface area contributed by atoms with Crippen molar-refractivity contribution in [2.24, 2.45) is 0 Å². The molecule has 0 atom stereocenters. The van der Waals surface area contributed by atoms with Crippen molar-refractivity contribution in [1.82, 2.24) is 0 Å². The second-order valence-corrected chi connectivity index (χ2v) is 14.9. The lowest BCUT2D eigenvalue weighted by molar-refractivity contribution is -0.141. The molecule has 0 saturated carbocycles. The number of allylic oxidation sites excluding steroid dienone is 5. The van der Waals surface area contributed by atoms with Crippen molar-refractivity contribution in [2.75, 3.05) is 6.61 Å². The number of carbonyl (C=O) groups is 3. The number of ketones is 2. The normalized spacial score (nSPS) is 10.3. The van der Waals surface area contributed by atoms with Gasteiger partial charge >= 0.3 is 5.97 Å². The van der Waals surface area contributed by atoms with Crippen molar-refractivity contribution in [3.05, 3.63) is 37.0 Å². The van der Waals surface area contributed by atoms with Crippen LogP contribution in [0.3, 0.4) is 0 Å². The molecule has 4 nitrogen and oxygen atoms in total. The summed E-state index contributed by atoms with van der Waals surface area (Å²) in [7, 11) is 0. The van der Waals surface area contributed by atoms with Crippen LogP contribution in [0.2, 0.25) is 0 Å². The predicted molar refractivity (Wildman–Crippen MR) is 250 cm³/mol. The van der Waals surface area contributed by atoms with Gasteiger partial charge in [0.2, 0.25) is 0 Å². The van der Waals surface area contributed by atoms with Gasteiger partial charge in [0.1, 0.15) is 11.6 Å². The summed E-state index contributed by atoms with van der Waals surface area (Å²) >= 11 is 0. The number of rotatable bonds is 37. The van der Waals surface area contributed by atoms with E-state index in [-0.39, 0.29) is 28.2 Å². The van der Waals surface area contributed by atoms with Crippen LogP contribution in [0.5, 0.6) is 0 Å². The molecule has 55 heavy (non-hydrogen) atoms. The summed E-state index contributed by atoms with van der Waals surface area (Å²) in [6, 6.07) is 0. The molecule has 0 heterocycles. The van der Waals surface area contributed by atoms with Crippen LogP contribution in [0.15, 0.2) is 37.0 Å². The molecule has 0 bridgehead atoms. The molecule has 0 unspecified atom stereocenters. The first-order chi connectivity index (χ1) is 25.3. The number of hydrogen-bond donors (Lipinski definition) is 0. The second-order valence-electron chi connectivity index (χ2n) is 14.9. The van der Waals surface area contributed by atoms with E-state index in [4.69, 9.17) is 4.74 Å². The summed E-state index contributed by atoms with van der Waals surface area (Å²) in [5.41, 5.74) is 0. The first kappa shape index (κ1) is 64.9. The monoisotopic (exact) mass is 779 g/mol. The molecule has 0 aliphatic heterocycles. The lowest BCUT2D eigenvalue weighted by Crippen LogP contribution is -2.00. The Balaban J connectivity index is -0.000000162. The van der Waals surface area contributed by atoms with E-state index in [1.165, 1.54) is 180 Å². The highest BCUT2D eigenvalue weighted by Crippen LogP contribution is 2.12. The van der Waals surface area contributed by atoms with Crippen LogP contribution < -0.4 is 0 Å². The molecule has 0 saturated heterocycles. The van der Waals surface area contributed by atoms with Crippen LogP contribution in [-0.2, 0) is 19.1 Å². The van der Waals surface area contributed by atoms with Gasteiger partial charge in [-0.25, -0.2) is 0 Å². The molecule has 0 aromatic carbocycles. The Hall–Kier alpha value is -1.97. The van der Waals surface area contributed by atoms with Crippen molar-refractivity contribution >= 4 is 17.5 Å². The highest BCUT2D eigenvalue weighted by atomic mass is 16.5. The molecule has 0 aliphatic carbocycles. The van der Waals surface area contributed by atoms with Gasteiger partial charge < -0.3 is 14.3 Å². The van der Waals surface area contributed by atoms with Crippen molar-refractivity contribution in [1.29, 1.82) is 0 Å². The van der Waals surface area contributed by atoms with Crippen molar-refractivity contribution in [3.63, 3.8) is 0 Å². The van der Waals surface area contributed by atoms with Gasteiger partial charge in [-0.3, -0.25) is 4.79 Å². The van der Waals surface area contributed by atoms with Crippen LogP contribution in [0.25, 0.3) is 0 Å². The van der Waals surface area contributed by atoms with Gasteiger partial charge in [0.25, 0.3) is 0 Å². The Kier molecular flexibility index (Phi) is 72.3. The Bertz CT molecular complexity index is 797. The molecule has 0 fully saturated rings. The van der Waals surface area contributed by atoms with E-state index in [1.807, 2.05) is 6.08 Å². The average Bonchev–Trinajstić information content (AvgIpc) is 3.11. The summed E-state index contributed by atoms with van der Waals surface area (Å²) < 4.78 is 4.90. The maximum absolute atomic E-state index is 10.7. The molecule has 0 spiro atoms. The first-order valence-corrected chi connectivity index (χ1v) is 22.3. The molecular weight excluding hydrogens is 677 g/mol. The van der Waals surface area contributed by atoms with E-state index in [9.17, 15) is 14.4 Å². The third-order valence-corrected chi connectivity index (χ3v) is 9.19. The fourth-order valence-electron chi connectivity index (χ4n) is 5.82. The second kappa shape index (κ2) is 61.3. The van der Waals surface area contributed by atoms with Gasteiger partial charge in [-0.15, -0.1) is 6.58 Å². The topological polar surface area (TPSA) is 60.4 Å². The lowest BCUT2D eigenvalue weighted by Gasteiger charge is -2.02. The molecule has 0 rings (SSSR count). The van der Waals surface area contributed by atoms with Crippen LogP contribution >= 0.6 is 0 Å². The standard InChI is InChI=1S/C18H34O2.C17H32O.C13H24O.3CH4/c1-3-4-5-6-7-8-9-10-11-12-13-14-15-16-17-20-18(2)19;1-3-4-5-6-7-8-9-10-11-12-13-14-15-16-17(2)18;1-3-4-5-6-7-8-9-10-11-12-13(2)14;;;/h6-7H,3-5,8-17H2,1-2H3;6-7H,3-5,8-16H2,1-2H3;3H,1,4-12H2,2H3;3*1H4/b2*7-6-;;;;. The van der Waals surface area contributed by atoms with Crippen LogP contribution in [-0.4, -0.2) is 24.1 Å². The summed E-state index contributed by atoms with van der Waals surface area (Å²) in [6.07, 6.45) is 52.5. The number of hydrogen-bond acceptors (Lipinski definition) is 4. The molecule has 0 aromatic heterocycles. The fourth-order valence-corrected chi connectivity index (χ4v) is 5.82. The number of Topliss-reactive ketones (excluding diaryl/α,β-unsaturated/α-hetero) is 2. The van der Waals surface area contributed by atoms with Crippen molar-refractivity contribution < 1.29 is 19.1 Å². The minimum atomic E-state index is -0.159. The van der Waals surface area contributed by atoms with Crippen LogP contribution in [0.4, 0.5) is 0 Å². The SMILES string of the molecule is C.C.C.C=CCCCCCCCCCC(C)=O.CCCC/C=C\CCCCCCCCCC(C)=O.CCCC/C=C\CCCCCCCCCCOC(C)=O. The van der Waals surface area contributed by atoms with Gasteiger partial charge in [0.15, 0.2) is 0 Å². The van der Waals surface area contributed by atoms with E-state index in [0.29, 0.717) is 18.2 Å². The number of carbonyl (C=O) groups excluding carboxylic acids is 3. The van der Waals surface area contributed by atoms with Gasteiger partial charge in [-0.1, -0.05) is 195 Å². The quantitative estimate of drug-likeness (QED) is 0.0358. The van der Waals surface area contributed by atoms with Crippen molar-refractivity contribution in [3.8, 4) is 0 Å². The zero-order valence-corrected chi connectivity index (χ0v) is 35.8.